The number of rotatable bonds is 0. The standard InChI is InChI=1S/C13H12N2O3/c1-7-3-4-9-8(5-7)11(17)15(2)13(9)6-10(16)14-12(13)18/h3-5H,6H2,1-2H3,(H,14,16,18). The number of benzene rings is 1. The van der Waals surface area contributed by atoms with Gasteiger partial charge in [-0.3, -0.25) is 19.7 Å². The molecule has 2 aliphatic heterocycles. The molecule has 0 bridgehead atoms. The number of carbonyl (C=O) groups is 3. The highest BCUT2D eigenvalue weighted by Crippen LogP contribution is 2.43. The van der Waals surface area contributed by atoms with Gasteiger partial charge in [0.05, 0.1) is 6.42 Å². The van der Waals surface area contributed by atoms with Crippen molar-refractivity contribution >= 4 is 17.7 Å². The minimum Gasteiger partial charge on any atom is -0.323 e. The molecule has 0 radical (unpaired) electrons. The minimum absolute atomic E-state index is 0.00410. The van der Waals surface area contributed by atoms with E-state index in [1.165, 1.54) is 4.90 Å². The van der Waals surface area contributed by atoms with Crippen molar-refractivity contribution in [3.05, 3.63) is 34.9 Å². The molecule has 3 rings (SSSR count). The molecule has 5 heteroatoms. The van der Waals surface area contributed by atoms with Gasteiger partial charge in [0, 0.05) is 18.2 Å². The van der Waals surface area contributed by atoms with E-state index in [-0.39, 0.29) is 18.2 Å². The molecule has 1 N–H and O–H groups in total. The zero-order valence-electron chi connectivity index (χ0n) is 10.1. The summed E-state index contributed by atoms with van der Waals surface area (Å²) in [6.07, 6.45) is 0.00410. The van der Waals surface area contributed by atoms with Crippen LogP contribution in [0.2, 0.25) is 0 Å². The first-order chi connectivity index (χ1) is 8.46. The van der Waals surface area contributed by atoms with Crippen LogP contribution in [-0.2, 0) is 15.1 Å². The molecule has 0 saturated carbocycles. The molecule has 2 aliphatic rings. The van der Waals surface area contributed by atoms with Gasteiger partial charge >= 0.3 is 0 Å². The van der Waals surface area contributed by atoms with Gasteiger partial charge < -0.3 is 4.90 Å². The van der Waals surface area contributed by atoms with Gasteiger partial charge in [-0.15, -0.1) is 0 Å². The van der Waals surface area contributed by atoms with Crippen LogP contribution in [-0.4, -0.2) is 29.7 Å². The van der Waals surface area contributed by atoms with Gasteiger partial charge in [-0.25, -0.2) is 0 Å². The van der Waals surface area contributed by atoms with E-state index in [1.807, 2.05) is 13.0 Å². The number of likely N-dealkylation sites (N-methyl/N-ethyl adjacent to an activating group) is 1. The Labute approximate surface area is 104 Å². The van der Waals surface area contributed by atoms with E-state index in [2.05, 4.69) is 5.32 Å². The first-order valence-corrected chi connectivity index (χ1v) is 5.70. The summed E-state index contributed by atoms with van der Waals surface area (Å²) < 4.78 is 0. The van der Waals surface area contributed by atoms with Crippen molar-refractivity contribution in [3.8, 4) is 0 Å². The van der Waals surface area contributed by atoms with E-state index >= 15 is 0 Å². The zero-order valence-corrected chi connectivity index (χ0v) is 10.1. The molecule has 1 spiro atoms. The topological polar surface area (TPSA) is 66.5 Å². The fourth-order valence-electron chi connectivity index (χ4n) is 2.81. The molecule has 5 nitrogen and oxygen atoms in total. The summed E-state index contributed by atoms with van der Waals surface area (Å²) >= 11 is 0. The van der Waals surface area contributed by atoms with Crippen LogP contribution < -0.4 is 5.32 Å². The Hall–Kier alpha value is -2.17. The molecular weight excluding hydrogens is 232 g/mol. The molecular formula is C13H12N2O3. The highest BCUT2D eigenvalue weighted by molar-refractivity contribution is 6.15. The van der Waals surface area contributed by atoms with Crippen molar-refractivity contribution in [2.24, 2.45) is 0 Å². The maximum absolute atomic E-state index is 12.2. The first kappa shape index (κ1) is 11.0. The van der Waals surface area contributed by atoms with E-state index in [4.69, 9.17) is 0 Å². The van der Waals surface area contributed by atoms with Gasteiger partial charge in [-0.1, -0.05) is 17.7 Å². The average Bonchev–Trinajstić information content (AvgIpc) is 2.72. The Balaban J connectivity index is 2.28. The number of hydrogen-bond donors (Lipinski definition) is 1. The smallest absolute Gasteiger partial charge is 0.257 e. The number of amides is 3. The predicted molar refractivity (Wildman–Crippen MR) is 62.7 cm³/mol. The monoisotopic (exact) mass is 244 g/mol. The molecule has 92 valence electrons. The third-order valence-corrected chi connectivity index (χ3v) is 3.77. The Morgan fingerprint density at radius 1 is 1.28 bits per heavy atom. The Kier molecular flexibility index (Phi) is 1.94. The van der Waals surface area contributed by atoms with Crippen LogP contribution in [0.3, 0.4) is 0 Å². The van der Waals surface area contributed by atoms with Gasteiger partial charge in [-0.2, -0.15) is 0 Å². The van der Waals surface area contributed by atoms with Crippen LogP contribution in [0.4, 0.5) is 0 Å². The SMILES string of the molecule is Cc1ccc2c(c1)C(=O)N(C)C21CC(=O)NC1=O. The number of imide groups is 1. The number of nitrogens with one attached hydrogen (secondary N) is 1. The Morgan fingerprint density at radius 2 is 2.00 bits per heavy atom. The normalized spacial score (nSPS) is 25.9. The second kappa shape index (κ2) is 3.19. The maximum Gasteiger partial charge on any atom is 0.257 e. The molecule has 1 unspecified atom stereocenters. The molecule has 18 heavy (non-hydrogen) atoms. The molecule has 1 fully saturated rings. The van der Waals surface area contributed by atoms with Crippen LogP contribution in [0.25, 0.3) is 0 Å². The lowest BCUT2D eigenvalue weighted by atomic mass is 9.87. The van der Waals surface area contributed by atoms with Crippen molar-refractivity contribution in [1.29, 1.82) is 0 Å². The second-order valence-electron chi connectivity index (χ2n) is 4.83. The minimum atomic E-state index is -1.14. The molecule has 1 atom stereocenters. The van der Waals surface area contributed by atoms with E-state index in [0.29, 0.717) is 11.1 Å². The Bertz CT molecular complexity index is 608. The molecule has 0 aromatic heterocycles. The molecule has 1 aromatic carbocycles. The second-order valence-corrected chi connectivity index (χ2v) is 4.83. The van der Waals surface area contributed by atoms with E-state index in [1.54, 1.807) is 19.2 Å². The third kappa shape index (κ3) is 1.08. The lowest BCUT2D eigenvalue weighted by Crippen LogP contribution is -2.46. The number of fused-ring (bicyclic) bond motifs is 2. The van der Waals surface area contributed by atoms with Crippen LogP contribution >= 0.6 is 0 Å². The number of nitrogens with zero attached hydrogens (tertiary/aromatic N) is 1. The Morgan fingerprint density at radius 3 is 2.61 bits per heavy atom. The highest BCUT2D eigenvalue weighted by Gasteiger charge is 2.58. The zero-order chi connectivity index (χ0) is 13.1. The van der Waals surface area contributed by atoms with Crippen LogP contribution in [0.1, 0.15) is 27.9 Å². The first-order valence-electron chi connectivity index (χ1n) is 5.70. The van der Waals surface area contributed by atoms with Crippen molar-refractivity contribution in [1.82, 2.24) is 10.2 Å². The molecule has 1 saturated heterocycles. The molecule has 0 aliphatic carbocycles. The van der Waals surface area contributed by atoms with Gasteiger partial charge in [0.25, 0.3) is 11.8 Å². The summed E-state index contributed by atoms with van der Waals surface area (Å²) in [4.78, 5) is 37.1. The fourth-order valence-corrected chi connectivity index (χ4v) is 2.81. The molecule has 3 amide bonds. The summed E-state index contributed by atoms with van der Waals surface area (Å²) in [5, 5.41) is 2.28. The summed E-state index contributed by atoms with van der Waals surface area (Å²) in [5.74, 6) is -0.961. The largest absolute Gasteiger partial charge is 0.323 e. The molecule has 1 aromatic rings. The summed E-state index contributed by atoms with van der Waals surface area (Å²) in [6.45, 7) is 1.89. The van der Waals surface area contributed by atoms with Crippen molar-refractivity contribution < 1.29 is 14.4 Å². The van der Waals surface area contributed by atoms with Crippen LogP contribution in [0, 0.1) is 6.92 Å². The number of carbonyl (C=O) groups excluding carboxylic acids is 3. The summed E-state index contributed by atoms with van der Waals surface area (Å²) in [7, 11) is 1.57. The van der Waals surface area contributed by atoms with Crippen molar-refractivity contribution in [2.45, 2.75) is 18.9 Å². The summed E-state index contributed by atoms with van der Waals surface area (Å²) in [6, 6.07) is 5.38. The molecule has 2 heterocycles. The average molecular weight is 244 g/mol. The van der Waals surface area contributed by atoms with Crippen molar-refractivity contribution in [3.63, 3.8) is 0 Å². The van der Waals surface area contributed by atoms with Gasteiger partial charge in [0.1, 0.15) is 0 Å². The van der Waals surface area contributed by atoms with Gasteiger partial charge in [-0.05, 0) is 13.0 Å². The predicted octanol–water partition coefficient (Wildman–Crippen LogP) is 0.322. The number of aryl methyl sites for hydroxylation is 1. The maximum atomic E-state index is 12.2. The fraction of sp³-hybridized carbons (Fsp3) is 0.308. The van der Waals surface area contributed by atoms with Gasteiger partial charge in [0.15, 0.2) is 5.54 Å². The number of hydrogen-bond acceptors (Lipinski definition) is 3. The van der Waals surface area contributed by atoms with Crippen molar-refractivity contribution in [2.75, 3.05) is 7.05 Å². The van der Waals surface area contributed by atoms with Gasteiger partial charge in [0.2, 0.25) is 5.91 Å². The van der Waals surface area contributed by atoms with Crippen LogP contribution in [0.5, 0.6) is 0 Å². The third-order valence-electron chi connectivity index (χ3n) is 3.77. The summed E-state index contributed by atoms with van der Waals surface area (Å²) in [5.41, 5.74) is 0.959. The van der Waals surface area contributed by atoms with E-state index in [9.17, 15) is 14.4 Å². The quantitative estimate of drug-likeness (QED) is 0.668. The van der Waals surface area contributed by atoms with E-state index in [0.717, 1.165) is 5.56 Å². The lowest BCUT2D eigenvalue weighted by molar-refractivity contribution is -0.128. The highest BCUT2D eigenvalue weighted by atomic mass is 16.2. The lowest BCUT2D eigenvalue weighted by Gasteiger charge is -2.28. The van der Waals surface area contributed by atoms with E-state index < -0.39 is 11.4 Å². The van der Waals surface area contributed by atoms with Crippen LogP contribution in [0.15, 0.2) is 18.2 Å².